The Balaban J connectivity index is 2.45. The highest BCUT2D eigenvalue weighted by Crippen LogP contribution is 2.22. The summed E-state index contributed by atoms with van der Waals surface area (Å²) in [6, 6.07) is 5.43. The quantitative estimate of drug-likeness (QED) is 0.626. The van der Waals surface area contributed by atoms with E-state index in [1.807, 2.05) is 12.1 Å². The molecule has 4 nitrogen and oxygen atoms in total. The lowest BCUT2D eigenvalue weighted by atomic mass is 10.2. The average molecular weight is 258 g/mol. The zero-order valence-corrected chi connectivity index (χ0v) is 10.7. The van der Waals surface area contributed by atoms with Gasteiger partial charge in [-0.3, -0.25) is 4.79 Å². The normalized spacial score (nSPS) is 10.1. The summed E-state index contributed by atoms with van der Waals surface area (Å²) in [6.07, 6.45) is 0.347. The molecule has 0 saturated heterocycles. The first-order valence-corrected chi connectivity index (χ1v) is 5.65. The highest BCUT2D eigenvalue weighted by atomic mass is 35.5. The number of ether oxygens (including phenoxy) is 2. The van der Waals surface area contributed by atoms with Crippen molar-refractivity contribution in [2.75, 3.05) is 20.8 Å². The Morgan fingerprint density at radius 2 is 2.18 bits per heavy atom. The van der Waals surface area contributed by atoms with Crippen molar-refractivity contribution in [3.05, 3.63) is 28.8 Å². The SMILES string of the molecule is COC(=O)CCNCc1cc(Cl)ccc1OC. The van der Waals surface area contributed by atoms with E-state index < -0.39 is 0 Å². The van der Waals surface area contributed by atoms with E-state index >= 15 is 0 Å². The fourth-order valence-corrected chi connectivity index (χ4v) is 1.60. The van der Waals surface area contributed by atoms with Crippen LogP contribution in [0.25, 0.3) is 0 Å². The van der Waals surface area contributed by atoms with Gasteiger partial charge in [-0.25, -0.2) is 0 Å². The number of esters is 1. The molecular formula is C12H16ClNO3. The molecule has 5 heteroatoms. The van der Waals surface area contributed by atoms with E-state index in [-0.39, 0.29) is 5.97 Å². The molecule has 1 aromatic carbocycles. The molecule has 1 aromatic rings. The average Bonchev–Trinajstić information content (AvgIpc) is 2.34. The summed E-state index contributed by atoms with van der Waals surface area (Å²) in [5.41, 5.74) is 0.963. The van der Waals surface area contributed by atoms with Crippen LogP contribution in [0.2, 0.25) is 5.02 Å². The Labute approximate surface area is 106 Å². The van der Waals surface area contributed by atoms with Crippen LogP contribution in [0.1, 0.15) is 12.0 Å². The maximum absolute atomic E-state index is 10.9. The highest BCUT2D eigenvalue weighted by Gasteiger charge is 2.04. The summed E-state index contributed by atoms with van der Waals surface area (Å²) >= 11 is 5.90. The Hall–Kier alpha value is -1.26. The molecule has 0 aliphatic heterocycles. The lowest BCUT2D eigenvalue weighted by Crippen LogP contribution is -2.18. The van der Waals surface area contributed by atoms with E-state index in [9.17, 15) is 4.79 Å². The standard InChI is InChI=1S/C12H16ClNO3/c1-16-11-4-3-10(13)7-9(11)8-14-6-5-12(15)17-2/h3-4,7,14H,5-6,8H2,1-2H3. The molecular weight excluding hydrogens is 242 g/mol. The van der Waals surface area contributed by atoms with Gasteiger partial charge in [-0.1, -0.05) is 11.6 Å². The minimum Gasteiger partial charge on any atom is -0.496 e. The van der Waals surface area contributed by atoms with Crippen molar-refractivity contribution in [2.24, 2.45) is 0 Å². The molecule has 0 bridgehead atoms. The molecule has 0 amide bonds. The zero-order valence-electron chi connectivity index (χ0n) is 9.96. The van der Waals surface area contributed by atoms with Crippen LogP contribution >= 0.6 is 11.6 Å². The second-order valence-corrected chi connectivity index (χ2v) is 3.90. The van der Waals surface area contributed by atoms with E-state index in [1.165, 1.54) is 7.11 Å². The molecule has 0 aliphatic carbocycles. The van der Waals surface area contributed by atoms with Crippen LogP contribution in [0.3, 0.4) is 0 Å². The van der Waals surface area contributed by atoms with Gasteiger partial charge < -0.3 is 14.8 Å². The van der Waals surface area contributed by atoms with Crippen molar-refractivity contribution >= 4 is 17.6 Å². The van der Waals surface area contributed by atoms with Crippen LogP contribution in [-0.4, -0.2) is 26.7 Å². The topological polar surface area (TPSA) is 47.6 Å². The molecule has 0 aromatic heterocycles. The Kier molecular flexibility index (Phi) is 5.80. The number of hydrogen-bond donors (Lipinski definition) is 1. The molecule has 1 N–H and O–H groups in total. The van der Waals surface area contributed by atoms with Gasteiger partial charge in [-0.05, 0) is 18.2 Å². The number of nitrogens with one attached hydrogen (secondary N) is 1. The van der Waals surface area contributed by atoms with Gasteiger partial charge in [0, 0.05) is 23.7 Å². The van der Waals surface area contributed by atoms with Crippen LogP contribution in [0, 0.1) is 0 Å². The predicted molar refractivity (Wildman–Crippen MR) is 66.3 cm³/mol. The van der Waals surface area contributed by atoms with Gasteiger partial charge in [0.15, 0.2) is 0 Å². The van der Waals surface area contributed by atoms with Crippen LogP contribution in [-0.2, 0) is 16.1 Å². The molecule has 0 aliphatic rings. The summed E-state index contributed by atoms with van der Waals surface area (Å²) in [4.78, 5) is 10.9. The Morgan fingerprint density at radius 1 is 1.41 bits per heavy atom. The van der Waals surface area contributed by atoms with Crippen molar-refractivity contribution in [3.8, 4) is 5.75 Å². The van der Waals surface area contributed by atoms with Gasteiger partial charge in [0.1, 0.15) is 5.75 Å². The van der Waals surface area contributed by atoms with Crippen molar-refractivity contribution < 1.29 is 14.3 Å². The van der Waals surface area contributed by atoms with Crippen LogP contribution in [0.5, 0.6) is 5.75 Å². The summed E-state index contributed by atoms with van der Waals surface area (Å²) in [5.74, 6) is 0.551. The van der Waals surface area contributed by atoms with E-state index in [0.717, 1.165) is 11.3 Å². The molecule has 0 saturated carbocycles. The second-order valence-electron chi connectivity index (χ2n) is 3.46. The Morgan fingerprint density at radius 3 is 2.82 bits per heavy atom. The Bertz CT molecular complexity index is 382. The first kappa shape index (κ1) is 13.8. The van der Waals surface area contributed by atoms with E-state index in [2.05, 4.69) is 10.1 Å². The molecule has 0 heterocycles. The molecule has 17 heavy (non-hydrogen) atoms. The summed E-state index contributed by atoms with van der Waals surface area (Å²) in [6.45, 7) is 1.16. The minimum absolute atomic E-state index is 0.226. The number of carbonyl (C=O) groups is 1. The van der Waals surface area contributed by atoms with Gasteiger partial charge in [0.25, 0.3) is 0 Å². The highest BCUT2D eigenvalue weighted by molar-refractivity contribution is 6.30. The van der Waals surface area contributed by atoms with E-state index in [0.29, 0.717) is 24.5 Å². The summed E-state index contributed by atoms with van der Waals surface area (Å²) in [7, 11) is 2.99. The van der Waals surface area contributed by atoms with Crippen molar-refractivity contribution in [3.63, 3.8) is 0 Å². The number of rotatable bonds is 6. The minimum atomic E-state index is -0.226. The molecule has 0 radical (unpaired) electrons. The number of hydrogen-bond acceptors (Lipinski definition) is 4. The monoisotopic (exact) mass is 257 g/mol. The third-order valence-corrected chi connectivity index (χ3v) is 2.53. The van der Waals surface area contributed by atoms with Gasteiger partial charge in [-0.15, -0.1) is 0 Å². The molecule has 0 spiro atoms. The molecule has 0 unspecified atom stereocenters. The molecule has 94 valence electrons. The summed E-state index contributed by atoms with van der Waals surface area (Å²) in [5, 5.41) is 3.79. The third kappa shape index (κ3) is 4.63. The predicted octanol–water partition coefficient (Wildman–Crippen LogP) is 2.00. The largest absolute Gasteiger partial charge is 0.496 e. The first-order valence-electron chi connectivity index (χ1n) is 5.27. The van der Waals surface area contributed by atoms with Crippen LogP contribution < -0.4 is 10.1 Å². The molecule has 0 fully saturated rings. The number of halogens is 1. The second kappa shape index (κ2) is 7.14. The van der Waals surface area contributed by atoms with Gasteiger partial charge in [0.05, 0.1) is 20.6 Å². The number of carbonyl (C=O) groups excluding carboxylic acids is 1. The number of benzene rings is 1. The van der Waals surface area contributed by atoms with Crippen LogP contribution in [0.4, 0.5) is 0 Å². The van der Waals surface area contributed by atoms with E-state index in [4.69, 9.17) is 16.3 Å². The maximum Gasteiger partial charge on any atom is 0.306 e. The fraction of sp³-hybridized carbons (Fsp3) is 0.417. The third-order valence-electron chi connectivity index (χ3n) is 2.29. The lowest BCUT2D eigenvalue weighted by molar-refractivity contribution is -0.140. The van der Waals surface area contributed by atoms with Crippen molar-refractivity contribution in [2.45, 2.75) is 13.0 Å². The lowest BCUT2D eigenvalue weighted by Gasteiger charge is -2.09. The van der Waals surface area contributed by atoms with Crippen molar-refractivity contribution in [1.82, 2.24) is 5.32 Å². The summed E-state index contributed by atoms with van der Waals surface area (Å²) < 4.78 is 9.75. The smallest absolute Gasteiger partial charge is 0.306 e. The number of methoxy groups -OCH3 is 2. The first-order chi connectivity index (χ1) is 8.17. The van der Waals surface area contributed by atoms with Gasteiger partial charge in [-0.2, -0.15) is 0 Å². The van der Waals surface area contributed by atoms with Gasteiger partial charge >= 0.3 is 5.97 Å². The maximum atomic E-state index is 10.9. The van der Waals surface area contributed by atoms with Crippen molar-refractivity contribution in [1.29, 1.82) is 0 Å². The van der Waals surface area contributed by atoms with E-state index in [1.54, 1.807) is 13.2 Å². The van der Waals surface area contributed by atoms with Gasteiger partial charge in [0.2, 0.25) is 0 Å². The van der Waals surface area contributed by atoms with Crippen LogP contribution in [0.15, 0.2) is 18.2 Å². The zero-order chi connectivity index (χ0) is 12.7. The fourth-order valence-electron chi connectivity index (χ4n) is 1.40. The molecule has 1 rings (SSSR count). The molecule has 0 atom stereocenters.